The zero-order valence-electron chi connectivity index (χ0n) is 21.9. The number of hydrogen-bond donors (Lipinski definition) is 0. The van der Waals surface area contributed by atoms with Crippen LogP contribution in [-0.2, 0) is 11.4 Å². The quantitative estimate of drug-likeness (QED) is 0.105. The van der Waals surface area contributed by atoms with Crippen LogP contribution in [0.5, 0.6) is 11.5 Å². The van der Waals surface area contributed by atoms with Crippen LogP contribution in [0.15, 0.2) is 111 Å². The fraction of sp³-hybridized carbons (Fsp3) is 0.0968. The van der Waals surface area contributed by atoms with Gasteiger partial charge < -0.3 is 9.47 Å². The van der Waals surface area contributed by atoms with Crippen molar-refractivity contribution in [3.63, 3.8) is 0 Å². The van der Waals surface area contributed by atoms with Gasteiger partial charge in [0.05, 0.1) is 32.3 Å². The highest BCUT2D eigenvalue weighted by Gasteiger charge is 2.34. The number of ether oxygens (including phenoxy) is 2. The zero-order valence-corrected chi connectivity index (χ0v) is 24.3. The number of nitro benzene ring substituents is 1. The van der Waals surface area contributed by atoms with Crippen LogP contribution in [0.2, 0.25) is 0 Å². The van der Waals surface area contributed by atoms with E-state index in [9.17, 15) is 14.9 Å². The van der Waals surface area contributed by atoms with Gasteiger partial charge in [-0.05, 0) is 100 Å². The molecule has 206 valence electrons. The summed E-state index contributed by atoms with van der Waals surface area (Å²) >= 11 is 4.90. The molecule has 0 atom stereocenters. The number of anilines is 1. The van der Waals surface area contributed by atoms with Gasteiger partial charge in [-0.2, -0.15) is 0 Å². The van der Waals surface area contributed by atoms with Crippen molar-refractivity contribution in [2.75, 3.05) is 11.5 Å². The highest BCUT2D eigenvalue weighted by Crippen LogP contribution is 2.41. The Morgan fingerprint density at radius 1 is 0.976 bits per heavy atom. The molecule has 1 amide bonds. The number of para-hydroxylation sites is 2. The molecule has 0 aliphatic carbocycles. The molecule has 1 aliphatic rings. The molecule has 1 aliphatic heterocycles. The maximum atomic E-state index is 13.6. The van der Waals surface area contributed by atoms with Crippen molar-refractivity contribution < 1.29 is 19.2 Å². The summed E-state index contributed by atoms with van der Waals surface area (Å²) in [5.74, 6) is 0.822. The molecule has 4 aromatic rings. The van der Waals surface area contributed by atoms with E-state index >= 15 is 0 Å². The fourth-order valence-electron chi connectivity index (χ4n) is 4.06. The van der Waals surface area contributed by atoms with Crippen molar-refractivity contribution in [2.45, 2.75) is 13.5 Å². The van der Waals surface area contributed by atoms with Crippen molar-refractivity contribution in [3.8, 4) is 11.5 Å². The van der Waals surface area contributed by atoms with Crippen LogP contribution in [0.25, 0.3) is 6.08 Å². The average Bonchev–Trinajstić information content (AvgIpc) is 3.27. The first kappa shape index (κ1) is 28.1. The topological polar surface area (TPSA) is 94.3 Å². The summed E-state index contributed by atoms with van der Waals surface area (Å²) in [6, 6.07) is 28.8. The van der Waals surface area contributed by atoms with Crippen molar-refractivity contribution in [2.24, 2.45) is 4.99 Å². The molecule has 0 bridgehead atoms. The van der Waals surface area contributed by atoms with Crippen LogP contribution < -0.4 is 14.4 Å². The highest BCUT2D eigenvalue weighted by atomic mass is 79.9. The standard InChI is InChI=1S/C31H24BrN3O5S/c1-2-39-27-18-22(17-26(32)29(27)40-20-21-13-15-25(16-14-21)35(37)38)19-28-30(36)34(24-11-7-4-8-12-24)31(41-28)33-23-9-5-3-6-10-23/h3-19H,2,20H2,1H3/b28-19-,33-31?. The number of nitrogens with zero attached hydrogens (tertiary/aromatic N) is 3. The highest BCUT2D eigenvalue weighted by molar-refractivity contribution is 9.10. The van der Waals surface area contributed by atoms with Crippen molar-refractivity contribution in [1.82, 2.24) is 0 Å². The second kappa shape index (κ2) is 12.8. The second-order valence-corrected chi connectivity index (χ2v) is 10.7. The number of thioether (sulfide) groups is 1. The lowest BCUT2D eigenvalue weighted by Crippen LogP contribution is -2.28. The summed E-state index contributed by atoms with van der Waals surface area (Å²) in [6.45, 7) is 2.47. The number of benzene rings is 4. The predicted molar refractivity (Wildman–Crippen MR) is 166 cm³/mol. The fourth-order valence-corrected chi connectivity index (χ4v) is 5.64. The van der Waals surface area contributed by atoms with Crippen LogP contribution in [0.4, 0.5) is 17.1 Å². The summed E-state index contributed by atoms with van der Waals surface area (Å²) in [4.78, 5) is 31.0. The van der Waals surface area contributed by atoms with E-state index in [4.69, 9.17) is 14.5 Å². The smallest absolute Gasteiger partial charge is 0.271 e. The summed E-state index contributed by atoms with van der Waals surface area (Å²) in [5, 5.41) is 11.5. The van der Waals surface area contributed by atoms with Crippen LogP contribution in [0.3, 0.4) is 0 Å². The number of amidine groups is 1. The number of nitro groups is 1. The number of carbonyl (C=O) groups excluding carboxylic acids is 1. The van der Waals surface area contributed by atoms with Gasteiger partial charge in [-0.1, -0.05) is 36.4 Å². The molecule has 41 heavy (non-hydrogen) atoms. The normalized spacial score (nSPS) is 15.0. The minimum absolute atomic E-state index is 0.0180. The number of hydrogen-bond acceptors (Lipinski definition) is 7. The molecule has 0 unspecified atom stereocenters. The van der Waals surface area contributed by atoms with Gasteiger partial charge in [-0.25, -0.2) is 4.99 Å². The third kappa shape index (κ3) is 6.67. The third-order valence-corrected chi connectivity index (χ3v) is 7.52. The molecule has 1 fully saturated rings. The summed E-state index contributed by atoms with van der Waals surface area (Å²) in [7, 11) is 0. The molecule has 1 saturated heterocycles. The van der Waals surface area contributed by atoms with E-state index in [1.54, 1.807) is 17.0 Å². The van der Waals surface area contributed by atoms with Gasteiger partial charge in [-0.15, -0.1) is 0 Å². The van der Waals surface area contributed by atoms with Crippen LogP contribution in [-0.4, -0.2) is 22.6 Å². The van der Waals surface area contributed by atoms with E-state index in [-0.39, 0.29) is 18.2 Å². The van der Waals surface area contributed by atoms with Gasteiger partial charge in [0.2, 0.25) is 0 Å². The predicted octanol–water partition coefficient (Wildman–Crippen LogP) is 8.14. The van der Waals surface area contributed by atoms with E-state index in [0.717, 1.165) is 22.5 Å². The minimum atomic E-state index is -0.440. The maximum absolute atomic E-state index is 13.6. The molecular weight excluding hydrogens is 606 g/mol. The van der Waals surface area contributed by atoms with Gasteiger partial charge in [0.1, 0.15) is 6.61 Å². The Hall–Kier alpha value is -4.41. The molecule has 0 spiro atoms. The van der Waals surface area contributed by atoms with Gasteiger partial charge in [0, 0.05) is 12.1 Å². The van der Waals surface area contributed by atoms with Crippen LogP contribution in [0, 0.1) is 10.1 Å². The second-order valence-electron chi connectivity index (χ2n) is 8.79. The number of carbonyl (C=O) groups is 1. The molecule has 0 radical (unpaired) electrons. The van der Waals surface area contributed by atoms with E-state index in [2.05, 4.69) is 15.9 Å². The maximum Gasteiger partial charge on any atom is 0.271 e. The molecular formula is C31H24BrN3O5S. The lowest BCUT2D eigenvalue weighted by atomic mass is 10.1. The molecule has 0 N–H and O–H groups in total. The molecule has 1 heterocycles. The summed E-state index contributed by atoms with van der Waals surface area (Å²) in [5.41, 5.74) is 3.02. The summed E-state index contributed by atoms with van der Waals surface area (Å²) < 4.78 is 12.6. The lowest BCUT2D eigenvalue weighted by Gasteiger charge is -2.15. The minimum Gasteiger partial charge on any atom is -0.490 e. The Balaban J connectivity index is 1.44. The Kier molecular flexibility index (Phi) is 8.81. The average molecular weight is 631 g/mol. The van der Waals surface area contributed by atoms with Gasteiger partial charge >= 0.3 is 0 Å². The molecule has 10 heteroatoms. The molecule has 8 nitrogen and oxygen atoms in total. The van der Waals surface area contributed by atoms with Gasteiger partial charge in [0.25, 0.3) is 11.6 Å². The lowest BCUT2D eigenvalue weighted by molar-refractivity contribution is -0.384. The Bertz CT molecular complexity index is 1630. The Morgan fingerprint density at radius 3 is 2.32 bits per heavy atom. The van der Waals surface area contributed by atoms with E-state index in [0.29, 0.717) is 32.7 Å². The monoisotopic (exact) mass is 629 g/mol. The zero-order chi connectivity index (χ0) is 28.8. The van der Waals surface area contributed by atoms with Crippen molar-refractivity contribution in [3.05, 3.63) is 128 Å². The van der Waals surface area contributed by atoms with Crippen molar-refractivity contribution >= 4 is 61.9 Å². The van der Waals surface area contributed by atoms with Crippen molar-refractivity contribution in [1.29, 1.82) is 0 Å². The SMILES string of the molecule is CCOc1cc(/C=C2\SC(=Nc3ccccc3)N(c3ccccc3)C2=O)cc(Br)c1OCc1ccc([N+](=O)[O-])cc1. The molecule has 0 aromatic heterocycles. The summed E-state index contributed by atoms with van der Waals surface area (Å²) in [6.07, 6.45) is 1.81. The van der Waals surface area contributed by atoms with Gasteiger partial charge in [0.15, 0.2) is 16.7 Å². The van der Waals surface area contributed by atoms with E-state index < -0.39 is 4.92 Å². The number of amides is 1. The largest absolute Gasteiger partial charge is 0.490 e. The number of rotatable bonds is 9. The molecule has 0 saturated carbocycles. The number of non-ortho nitro benzene ring substituents is 1. The Morgan fingerprint density at radius 2 is 1.66 bits per heavy atom. The van der Waals surface area contributed by atoms with Gasteiger partial charge in [-0.3, -0.25) is 19.8 Å². The van der Waals surface area contributed by atoms with E-state index in [1.807, 2.05) is 85.8 Å². The van der Waals surface area contributed by atoms with Crippen LogP contribution >= 0.6 is 27.7 Å². The Labute approximate surface area is 249 Å². The number of aliphatic imine (C=N–C) groups is 1. The molecule has 5 rings (SSSR count). The first-order valence-corrected chi connectivity index (χ1v) is 14.3. The number of halogens is 1. The first-order valence-electron chi connectivity index (χ1n) is 12.7. The molecule has 4 aromatic carbocycles. The van der Waals surface area contributed by atoms with Crippen LogP contribution in [0.1, 0.15) is 18.1 Å². The van der Waals surface area contributed by atoms with E-state index in [1.165, 1.54) is 23.9 Å². The third-order valence-electron chi connectivity index (χ3n) is 5.96. The first-order chi connectivity index (χ1) is 19.9.